The minimum atomic E-state index is -5.10. The number of ether oxygens (including phenoxy) is 1. The summed E-state index contributed by atoms with van der Waals surface area (Å²) in [6.45, 7) is 5.28. The summed E-state index contributed by atoms with van der Waals surface area (Å²) in [6, 6.07) is 4.76. The van der Waals surface area contributed by atoms with Gasteiger partial charge in [-0.2, -0.15) is 26.3 Å². The first-order valence-electron chi connectivity index (χ1n) is 11.8. The Morgan fingerprint density at radius 3 is 1.97 bits per heavy atom. The highest BCUT2D eigenvalue weighted by atomic mass is 35.5. The maximum absolute atomic E-state index is 13.4. The fraction of sp³-hybridized carbons (Fsp3) is 0.462. The molecule has 1 saturated heterocycles. The predicted molar refractivity (Wildman–Crippen MR) is 134 cm³/mol. The number of carbonyl (C=O) groups is 2. The Bertz CT molecular complexity index is 1210. The number of carbonyl (C=O) groups excluding carboxylic acids is 2. The van der Waals surface area contributed by atoms with E-state index in [0.29, 0.717) is 17.7 Å². The van der Waals surface area contributed by atoms with E-state index in [0.717, 1.165) is 4.90 Å². The molecule has 1 fully saturated rings. The van der Waals surface area contributed by atoms with Crippen molar-refractivity contribution in [2.24, 2.45) is 0 Å². The van der Waals surface area contributed by atoms with Crippen LogP contribution in [-0.2, 0) is 17.1 Å². The Labute approximate surface area is 231 Å². The maximum Gasteiger partial charge on any atom is 0.416 e. The molecule has 1 aliphatic heterocycles. The second kappa shape index (κ2) is 11.1. The van der Waals surface area contributed by atoms with Gasteiger partial charge in [-0.05, 0) is 63.1 Å². The van der Waals surface area contributed by atoms with Crippen LogP contribution in [0.4, 0.5) is 31.1 Å². The third kappa shape index (κ3) is 7.51. The number of amides is 2. The number of hydrogen-bond donors (Lipinski definition) is 0. The van der Waals surface area contributed by atoms with Crippen molar-refractivity contribution >= 4 is 35.2 Å². The van der Waals surface area contributed by atoms with Crippen molar-refractivity contribution in [3.8, 4) is 0 Å². The van der Waals surface area contributed by atoms with Crippen LogP contribution in [0.5, 0.6) is 0 Å². The summed E-state index contributed by atoms with van der Waals surface area (Å²) in [6.07, 6.45) is -10.6. The third-order valence-electron chi connectivity index (χ3n) is 6.25. The molecule has 3 rings (SSSR count). The summed E-state index contributed by atoms with van der Waals surface area (Å²) < 4.78 is 85.7. The lowest BCUT2D eigenvalue weighted by atomic mass is 9.85. The molecule has 2 atom stereocenters. The number of halogens is 8. The molecule has 13 heteroatoms. The van der Waals surface area contributed by atoms with Gasteiger partial charge in [0.2, 0.25) is 0 Å². The quantitative estimate of drug-likeness (QED) is 0.337. The van der Waals surface area contributed by atoms with Gasteiger partial charge >= 0.3 is 18.4 Å². The van der Waals surface area contributed by atoms with Crippen LogP contribution in [0.25, 0.3) is 0 Å². The average Bonchev–Trinajstić information content (AvgIpc) is 2.82. The molecule has 0 N–H and O–H groups in total. The summed E-state index contributed by atoms with van der Waals surface area (Å²) in [5.41, 5.74) is -4.14. The molecule has 1 heterocycles. The Hall–Kier alpha value is -2.66. The molecular weight excluding hydrogens is 573 g/mol. The molecule has 0 bridgehead atoms. The fourth-order valence-corrected chi connectivity index (χ4v) is 4.71. The minimum absolute atomic E-state index is 0.0331. The standard InChI is InChI=1S/C26H26Cl2F6N2O3/c1-24(2,3)39-23(38)36-8-7-21(18(13-36)14-5-6-19(27)20(28)11-14)35(4)22(37)15-9-16(25(29,30)31)12-17(10-15)26(32,33)34/h5-6,9-12,18,21H,7-8,13H2,1-4H3/t18-,21-/m0/s1. The topological polar surface area (TPSA) is 49.9 Å². The van der Waals surface area contributed by atoms with Crippen LogP contribution in [0.15, 0.2) is 36.4 Å². The molecule has 2 aromatic rings. The highest BCUT2D eigenvalue weighted by Crippen LogP contribution is 2.38. The molecule has 2 aromatic carbocycles. The molecule has 5 nitrogen and oxygen atoms in total. The molecular formula is C26H26Cl2F6N2O3. The summed E-state index contributed by atoms with van der Waals surface area (Å²) in [5.74, 6) is -1.64. The Morgan fingerprint density at radius 1 is 0.923 bits per heavy atom. The van der Waals surface area contributed by atoms with E-state index in [-0.39, 0.29) is 35.6 Å². The van der Waals surface area contributed by atoms with Gasteiger partial charge in [0.05, 0.1) is 21.2 Å². The van der Waals surface area contributed by atoms with Gasteiger partial charge in [0, 0.05) is 37.7 Å². The van der Waals surface area contributed by atoms with E-state index in [2.05, 4.69) is 0 Å². The normalized spacial score (nSPS) is 18.6. The van der Waals surface area contributed by atoms with Gasteiger partial charge in [-0.25, -0.2) is 4.79 Å². The zero-order valence-corrected chi connectivity index (χ0v) is 22.9. The summed E-state index contributed by atoms with van der Waals surface area (Å²) >= 11 is 12.2. The number of piperidine rings is 1. The van der Waals surface area contributed by atoms with Gasteiger partial charge in [-0.15, -0.1) is 0 Å². The number of benzene rings is 2. The van der Waals surface area contributed by atoms with E-state index in [4.69, 9.17) is 27.9 Å². The van der Waals surface area contributed by atoms with Crippen molar-refractivity contribution in [3.05, 3.63) is 68.7 Å². The highest BCUT2D eigenvalue weighted by Gasteiger charge is 2.41. The van der Waals surface area contributed by atoms with E-state index in [1.807, 2.05) is 0 Å². The van der Waals surface area contributed by atoms with E-state index in [1.165, 1.54) is 18.0 Å². The molecule has 39 heavy (non-hydrogen) atoms. The van der Waals surface area contributed by atoms with Crippen LogP contribution in [0, 0.1) is 0 Å². The number of rotatable bonds is 3. The first kappa shape index (κ1) is 30.9. The second-order valence-electron chi connectivity index (χ2n) is 10.3. The molecule has 214 valence electrons. The van der Waals surface area contributed by atoms with E-state index in [1.54, 1.807) is 32.9 Å². The number of nitrogens with zero attached hydrogens (tertiary/aromatic N) is 2. The summed E-state index contributed by atoms with van der Waals surface area (Å²) in [7, 11) is 1.30. The SMILES string of the molecule is CN(C(=O)c1cc(C(F)(F)F)cc(C(F)(F)F)c1)[C@H]1CCN(C(=O)OC(C)(C)C)C[C@H]1c1ccc(Cl)c(Cl)c1. The molecule has 1 aliphatic rings. The second-order valence-corrected chi connectivity index (χ2v) is 11.1. The lowest BCUT2D eigenvalue weighted by molar-refractivity contribution is -0.143. The van der Waals surface area contributed by atoms with Crippen molar-refractivity contribution in [2.45, 2.75) is 57.1 Å². The summed E-state index contributed by atoms with van der Waals surface area (Å²) in [5, 5.41) is 0.453. The van der Waals surface area contributed by atoms with Crippen molar-refractivity contribution in [1.29, 1.82) is 0 Å². The predicted octanol–water partition coefficient (Wildman–Crippen LogP) is 7.90. The highest BCUT2D eigenvalue weighted by molar-refractivity contribution is 6.42. The van der Waals surface area contributed by atoms with Gasteiger partial charge in [-0.3, -0.25) is 4.79 Å². The van der Waals surface area contributed by atoms with E-state index in [9.17, 15) is 35.9 Å². The van der Waals surface area contributed by atoms with Gasteiger partial charge in [0.1, 0.15) is 5.60 Å². The lowest BCUT2D eigenvalue weighted by Crippen LogP contribution is -2.52. The van der Waals surface area contributed by atoms with Crippen LogP contribution in [0.3, 0.4) is 0 Å². The molecule has 0 saturated carbocycles. The van der Waals surface area contributed by atoms with Crippen LogP contribution < -0.4 is 0 Å². The van der Waals surface area contributed by atoms with Crippen molar-refractivity contribution in [3.63, 3.8) is 0 Å². The molecule has 2 amide bonds. The smallest absolute Gasteiger partial charge is 0.416 e. The third-order valence-corrected chi connectivity index (χ3v) is 6.99. The van der Waals surface area contributed by atoms with Crippen LogP contribution in [0.2, 0.25) is 10.0 Å². The molecule has 0 spiro atoms. The van der Waals surface area contributed by atoms with Gasteiger partial charge in [0.25, 0.3) is 5.91 Å². The first-order chi connectivity index (χ1) is 17.8. The van der Waals surface area contributed by atoms with Crippen LogP contribution in [-0.4, -0.2) is 53.6 Å². The number of hydrogen-bond acceptors (Lipinski definition) is 3. The summed E-state index contributed by atoms with van der Waals surface area (Å²) in [4.78, 5) is 28.6. The number of alkyl halides is 6. The van der Waals surface area contributed by atoms with Gasteiger partial charge in [-0.1, -0.05) is 29.3 Å². The minimum Gasteiger partial charge on any atom is -0.444 e. The molecule has 0 radical (unpaired) electrons. The van der Waals surface area contributed by atoms with Gasteiger partial charge in [0.15, 0.2) is 0 Å². The van der Waals surface area contributed by atoms with E-state index >= 15 is 0 Å². The largest absolute Gasteiger partial charge is 0.444 e. The monoisotopic (exact) mass is 598 g/mol. The number of likely N-dealkylation sites (N-methyl/N-ethyl adjacent to an activating group) is 1. The molecule has 0 aromatic heterocycles. The molecule has 0 unspecified atom stereocenters. The fourth-order valence-electron chi connectivity index (χ4n) is 4.40. The first-order valence-corrected chi connectivity index (χ1v) is 12.5. The van der Waals surface area contributed by atoms with Crippen LogP contribution >= 0.6 is 23.2 Å². The Kier molecular flexibility index (Phi) is 8.77. The van der Waals surface area contributed by atoms with Crippen molar-refractivity contribution in [1.82, 2.24) is 9.80 Å². The Balaban J connectivity index is 2.00. The Morgan fingerprint density at radius 2 is 1.49 bits per heavy atom. The lowest BCUT2D eigenvalue weighted by Gasteiger charge is -2.43. The van der Waals surface area contributed by atoms with E-state index < -0.39 is 58.6 Å². The van der Waals surface area contributed by atoms with Gasteiger partial charge < -0.3 is 14.5 Å². The maximum atomic E-state index is 13.4. The van der Waals surface area contributed by atoms with Crippen LogP contribution in [0.1, 0.15) is 60.2 Å². The number of likely N-dealkylation sites (tertiary alicyclic amines) is 1. The van der Waals surface area contributed by atoms with Crippen molar-refractivity contribution in [2.75, 3.05) is 20.1 Å². The zero-order chi connectivity index (χ0) is 29.5. The van der Waals surface area contributed by atoms with Crippen molar-refractivity contribution < 1.29 is 40.7 Å². The molecule has 0 aliphatic carbocycles. The average molecular weight is 599 g/mol. The zero-order valence-electron chi connectivity index (χ0n) is 21.4.